The fourth-order valence-corrected chi connectivity index (χ4v) is 3.01. The maximum absolute atomic E-state index is 10.7. The van der Waals surface area contributed by atoms with Gasteiger partial charge in [0, 0.05) is 17.2 Å². The van der Waals surface area contributed by atoms with Gasteiger partial charge in [-0.25, -0.2) is 9.78 Å². The van der Waals surface area contributed by atoms with Gasteiger partial charge in [0.2, 0.25) is 5.89 Å². The van der Waals surface area contributed by atoms with Gasteiger partial charge in [0.15, 0.2) is 12.4 Å². The molecule has 0 amide bonds. The van der Waals surface area contributed by atoms with Crippen molar-refractivity contribution in [3.8, 4) is 28.3 Å². The number of carboxylic acids is 1. The second kappa shape index (κ2) is 8.92. The minimum Gasteiger partial charge on any atom is -0.482 e. The molecule has 0 saturated carbocycles. The molecule has 0 atom stereocenters. The molecule has 4 rings (SSSR count). The van der Waals surface area contributed by atoms with E-state index in [2.05, 4.69) is 0 Å². The van der Waals surface area contributed by atoms with E-state index in [1.54, 1.807) is 24.3 Å². The first-order valence-corrected chi connectivity index (χ1v) is 9.43. The molecule has 0 bridgehead atoms. The number of aliphatic carboxylic acids is 1. The molecule has 30 heavy (non-hydrogen) atoms. The van der Waals surface area contributed by atoms with Crippen LogP contribution in [0.4, 0.5) is 0 Å². The Balaban J connectivity index is 1.65. The van der Waals surface area contributed by atoms with Gasteiger partial charge in [0.25, 0.3) is 0 Å². The standard InChI is InChI=1S/C25H19NO4/c27-23(28)17-29-21-13-7-8-18(16-21)14-15-22-26-24(19-9-3-1-4-10-19)25(30-22)20-11-5-2-6-12-20/h1-16H,17H2,(H,27,28)/b15-14+. The van der Waals surface area contributed by atoms with Gasteiger partial charge in [-0.15, -0.1) is 0 Å². The van der Waals surface area contributed by atoms with E-state index < -0.39 is 5.97 Å². The lowest BCUT2D eigenvalue weighted by Crippen LogP contribution is -2.09. The zero-order valence-electron chi connectivity index (χ0n) is 16.1. The van der Waals surface area contributed by atoms with Gasteiger partial charge < -0.3 is 14.3 Å². The number of carbonyl (C=O) groups is 1. The number of oxazole rings is 1. The number of rotatable bonds is 7. The molecule has 148 valence electrons. The van der Waals surface area contributed by atoms with E-state index >= 15 is 0 Å². The van der Waals surface area contributed by atoms with E-state index in [1.807, 2.05) is 72.8 Å². The summed E-state index contributed by atoms with van der Waals surface area (Å²) in [4.78, 5) is 15.4. The normalized spacial score (nSPS) is 10.9. The third-order valence-corrected chi connectivity index (χ3v) is 4.37. The molecule has 1 heterocycles. The number of hydrogen-bond acceptors (Lipinski definition) is 4. The van der Waals surface area contributed by atoms with E-state index in [0.29, 0.717) is 17.4 Å². The fraction of sp³-hybridized carbons (Fsp3) is 0.0400. The lowest BCUT2D eigenvalue weighted by molar-refractivity contribution is -0.139. The second-order valence-corrected chi connectivity index (χ2v) is 6.55. The SMILES string of the molecule is O=C(O)COc1cccc(/C=C/c2nc(-c3ccccc3)c(-c3ccccc3)o2)c1. The van der Waals surface area contributed by atoms with Gasteiger partial charge in [0.05, 0.1) is 0 Å². The van der Waals surface area contributed by atoms with Crippen molar-refractivity contribution in [2.75, 3.05) is 6.61 Å². The van der Waals surface area contributed by atoms with Gasteiger partial charge in [-0.2, -0.15) is 0 Å². The highest BCUT2D eigenvalue weighted by molar-refractivity contribution is 5.78. The first kappa shape index (κ1) is 19.2. The van der Waals surface area contributed by atoms with Crippen LogP contribution in [0.3, 0.4) is 0 Å². The smallest absolute Gasteiger partial charge is 0.341 e. The lowest BCUT2D eigenvalue weighted by Gasteiger charge is -2.03. The highest BCUT2D eigenvalue weighted by Gasteiger charge is 2.15. The fourth-order valence-electron chi connectivity index (χ4n) is 3.01. The minimum atomic E-state index is -1.02. The van der Waals surface area contributed by atoms with Crippen molar-refractivity contribution in [1.82, 2.24) is 4.98 Å². The summed E-state index contributed by atoms with van der Waals surface area (Å²) < 4.78 is 11.3. The van der Waals surface area contributed by atoms with E-state index in [0.717, 1.165) is 22.4 Å². The van der Waals surface area contributed by atoms with Crippen LogP contribution in [-0.4, -0.2) is 22.7 Å². The van der Waals surface area contributed by atoms with Crippen LogP contribution < -0.4 is 4.74 Å². The summed E-state index contributed by atoms with van der Waals surface area (Å²) in [5.41, 5.74) is 3.55. The Morgan fingerprint density at radius 3 is 2.30 bits per heavy atom. The molecular weight excluding hydrogens is 378 g/mol. The van der Waals surface area contributed by atoms with Gasteiger partial charge in [0.1, 0.15) is 11.4 Å². The summed E-state index contributed by atoms with van der Waals surface area (Å²) in [6.45, 7) is -0.381. The molecular formula is C25H19NO4. The molecule has 1 aromatic heterocycles. The van der Waals surface area contributed by atoms with Gasteiger partial charge in [-0.1, -0.05) is 72.8 Å². The van der Waals surface area contributed by atoms with Crippen molar-refractivity contribution in [2.45, 2.75) is 0 Å². The Bertz CT molecular complexity index is 1110. The number of nitrogens with zero attached hydrogens (tertiary/aromatic N) is 1. The number of ether oxygens (including phenoxy) is 1. The molecule has 4 aromatic rings. The summed E-state index contributed by atoms with van der Waals surface area (Å²) in [6.07, 6.45) is 3.64. The Morgan fingerprint density at radius 2 is 1.60 bits per heavy atom. The molecule has 0 spiro atoms. The molecule has 5 nitrogen and oxygen atoms in total. The van der Waals surface area contributed by atoms with Crippen molar-refractivity contribution >= 4 is 18.1 Å². The van der Waals surface area contributed by atoms with Crippen LogP contribution in [0.1, 0.15) is 11.5 Å². The van der Waals surface area contributed by atoms with Gasteiger partial charge in [-0.05, 0) is 23.8 Å². The number of benzene rings is 3. The number of hydrogen-bond donors (Lipinski definition) is 1. The zero-order chi connectivity index (χ0) is 20.8. The number of carboxylic acid groups (broad SMARTS) is 1. The summed E-state index contributed by atoms with van der Waals surface area (Å²) in [7, 11) is 0. The third kappa shape index (κ3) is 4.64. The van der Waals surface area contributed by atoms with Crippen molar-refractivity contribution in [3.63, 3.8) is 0 Å². The molecule has 0 aliphatic rings. The van der Waals surface area contributed by atoms with Crippen LogP contribution in [0.5, 0.6) is 5.75 Å². The maximum Gasteiger partial charge on any atom is 0.341 e. The van der Waals surface area contributed by atoms with E-state index in [-0.39, 0.29) is 6.61 Å². The molecule has 0 unspecified atom stereocenters. The average molecular weight is 397 g/mol. The molecule has 0 fully saturated rings. The molecule has 1 N–H and O–H groups in total. The van der Waals surface area contributed by atoms with Crippen LogP contribution >= 0.6 is 0 Å². The van der Waals surface area contributed by atoms with Crippen LogP contribution in [-0.2, 0) is 4.79 Å². The molecule has 0 aliphatic carbocycles. The summed E-state index contributed by atoms with van der Waals surface area (Å²) >= 11 is 0. The first-order chi connectivity index (χ1) is 14.7. The van der Waals surface area contributed by atoms with Crippen LogP contribution in [0.2, 0.25) is 0 Å². The Kier molecular flexibility index (Phi) is 5.71. The van der Waals surface area contributed by atoms with E-state index in [4.69, 9.17) is 19.2 Å². The first-order valence-electron chi connectivity index (χ1n) is 9.43. The Hall–Kier alpha value is -4.12. The topological polar surface area (TPSA) is 72.6 Å². The third-order valence-electron chi connectivity index (χ3n) is 4.37. The molecule has 0 saturated heterocycles. The molecule has 3 aromatic carbocycles. The Labute approximate surface area is 173 Å². The molecule has 0 radical (unpaired) electrons. The van der Waals surface area contributed by atoms with Crippen LogP contribution in [0.25, 0.3) is 34.7 Å². The lowest BCUT2D eigenvalue weighted by atomic mass is 10.1. The molecule has 5 heteroatoms. The van der Waals surface area contributed by atoms with Crippen molar-refractivity contribution in [3.05, 3.63) is 96.4 Å². The minimum absolute atomic E-state index is 0.381. The second-order valence-electron chi connectivity index (χ2n) is 6.55. The van der Waals surface area contributed by atoms with E-state index in [9.17, 15) is 4.79 Å². The van der Waals surface area contributed by atoms with Gasteiger partial charge in [-0.3, -0.25) is 0 Å². The zero-order valence-corrected chi connectivity index (χ0v) is 16.1. The summed E-state index contributed by atoms with van der Waals surface area (Å²) in [5, 5.41) is 8.75. The predicted molar refractivity (Wildman–Crippen MR) is 116 cm³/mol. The van der Waals surface area contributed by atoms with Crippen molar-refractivity contribution in [1.29, 1.82) is 0 Å². The highest BCUT2D eigenvalue weighted by Crippen LogP contribution is 2.33. The van der Waals surface area contributed by atoms with Crippen LogP contribution in [0, 0.1) is 0 Å². The quantitative estimate of drug-likeness (QED) is 0.437. The molecule has 0 aliphatic heterocycles. The highest BCUT2D eigenvalue weighted by atomic mass is 16.5. The monoisotopic (exact) mass is 397 g/mol. The van der Waals surface area contributed by atoms with E-state index in [1.165, 1.54) is 0 Å². The average Bonchev–Trinajstić information content (AvgIpc) is 3.22. The predicted octanol–water partition coefficient (Wildman–Crippen LogP) is 5.64. The van der Waals surface area contributed by atoms with Crippen molar-refractivity contribution in [2.24, 2.45) is 0 Å². The van der Waals surface area contributed by atoms with Gasteiger partial charge >= 0.3 is 5.97 Å². The van der Waals surface area contributed by atoms with Crippen LogP contribution in [0.15, 0.2) is 89.3 Å². The Morgan fingerprint density at radius 1 is 0.900 bits per heavy atom. The number of aromatic nitrogens is 1. The maximum atomic E-state index is 10.7. The summed E-state index contributed by atoms with van der Waals surface area (Å²) in [6, 6.07) is 26.9. The van der Waals surface area contributed by atoms with Crippen molar-refractivity contribution < 1.29 is 19.1 Å². The summed E-state index contributed by atoms with van der Waals surface area (Å²) in [5.74, 6) is 0.657. The largest absolute Gasteiger partial charge is 0.482 e.